The Hall–Kier alpha value is -1.56. The van der Waals surface area contributed by atoms with Crippen molar-refractivity contribution in [2.75, 3.05) is 13.1 Å². The van der Waals surface area contributed by atoms with E-state index in [2.05, 4.69) is 21.0 Å². The normalized spacial score (nSPS) is 16.4. The number of likely N-dealkylation sites (tertiary alicyclic amines) is 1. The lowest BCUT2D eigenvalue weighted by Crippen LogP contribution is -2.38. The third-order valence-electron chi connectivity index (χ3n) is 3.83. The zero-order valence-corrected chi connectivity index (χ0v) is 13.8. The predicted octanol–water partition coefficient (Wildman–Crippen LogP) is 2.73. The Balaban J connectivity index is 1.84. The molecule has 3 rings (SSSR count). The highest BCUT2D eigenvalue weighted by Crippen LogP contribution is 2.28. The molecule has 1 aliphatic rings. The highest BCUT2D eigenvalue weighted by molar-refractivity contribution is 9.10. The van der Waals surface area contributed by atoms with E-state index in [1.165, 1.54) is 0 Å². The molecule has 1 atom stereocenters. The summed E-state index contributed by atoms with van der Waals surface area (Å²) in [5.41, 5.74) is 0.981. The average molecular weight is 352 g/mol. The lowest BCUT2D eigenvalue weighted by Gasteiger charge is -2.20. The van der Waals surface area contributed by atoms with Crippen molar-refractivity contribution in [3.05, 3.63) is 22.7 Å². The molecule has 2 heterocycles. The van der Waals surface area contributed by atoms with E-state index in [9.17, 15) is 4.79 Å². The van der Waals surface area contributed by atoms with Crippen LogP contribution in [0.1, 0.15) is 19.8 Å². The summed E-state index contributed by atoms with van der Waals surface area (Å²) in [6.45, 7) is 3.46. The van der Waals surface area contributed by atoms with Crippen molar-refractivity contribution in [2.24, 2.45) is 7.05 Å². The molecule has 1 fully saturated rings. The van der Waals surface area contributed by atoms with E-state index in [0.717, 1.165) is 41.3 Å². The summed E-state index contributed by atoms with van der Waals surface area (Å²) < 4.78 is 8.57. The Labute approximate surface area is 132 Å². The van der Waals surface area contributed by atoms with Gasteiger partial charge in [-0.05, 0) is 38.0 Å². The van der Waals surface area contributed by atoms with Crippen LogP contribution in [0.4, 0.5) is 0 Å². The molecule has 2 aromatic rings. The van der Waals surface area contributed by atoms with Gasteiger partial charge in [0.25, 0.3) is 5.91 Å². The Morgan fingerprint density at radius 3 is 2.81 bits per heavy atom. The number of aryl methyl sites for hydroxylation is 1. The second-order valence-electron chi connectivity index (χ2n) is 5.38. The van der Waals surface area contributed by atoms with Crippen LogP contribution in [-0.2, 0) is 11.8 Å². The molecule has 1 aliphatic heterocycles. The van der Waals surface area contributed by atoms with Crippen molar-refractivity contribution in [3.63, 3.8) is 0 Å². The van der Waals surface area contributed by atoms with Gasteiger partial charge in [0.15, 0.2) is 6.10 Å². The van der Waals surface area contributed by atoms with Crippen molar-refractivity contribution in [3.8, 4) is 5.88 Å². The number of rotatable bonds is 3. The quantitative estimate of drug-likeness (QED) is 0.854. The van der Waals surface area contributed by atoms with Gasteiger partial charge < -0.3 is 9.64 Å². The molecular weight excluding hydrogens is 334 g/mol. The summed E-state index contributed by atoms with van der Waals surface area (Å²) in [5.74, 6) is 0.551. The third-order valence-corrected chi connectivity index (χ3v) is 4.33. The van der Waals surface area contributed by atoms with Crippen LogP contribution < -0.4 is 4.74 Å². The van der Waals surface area contributed by atoms with Crippen LogP contribution in [0.25, 0.3) is 10.9 Å². The molecule has 6 heteroatoms. The van der Waals surface area contributed by atoms with E-state index < -0.39 is 6.10 Å². The maximum atomic E-state index is 12.3. The molecule has 0 spiro atoms. The van der Waals surface area contributed by atoms with Crippen LogP contribution in [0.3, 0.4) is 0 Å². The van der Waals surface area contributed by atoms with Crippen molar-refractivity contribution in [1.29, 1.82) is 0 Å². The van der Waals surface area contributed by atoms with Crippen molar-refractivity contribution < 1.29 is 9.53 Å². The summed E-state index contributed by atoms with van der Waals surface area (Å²) in [6, 6.07) is 5.91. The number of benzene rings is 1. The lowest BCUT2D eigenvalue weighted by molar-refractivity contribution is -0.136. The minimum absolute atomic E-state index is 0.0429. The molecular formula is C15H18BrN3O2. The number of ether oxygens (including phenoxy) is 1. The van der Waals surface area contributed by atoms with E-state index in [0.29, 0.717) is 5.88 Å². The Morgan fingerprint density at radius 1 is 1.38 bits per heavy atom. The van der Waals surface area contributed by atoms with Crippen LogP contribution in [0, 0.1) is 0 Å². The fraction of sp³-hybridized carbons (Fsp3) is 0.467. The Morgan fingerprint density at radius 2 is 2.10 bits per heavy atom. The molecule has 0 bridgehead atoms. The van der Waals surface area contributed by atoms with Gasteiger partial charge in [0.05, 0.1) is 10.9 Å². The first kappa shape index (κ1) is 14.4. The molecule has 0 radical (unpaired) electrons. The van der Waals surface area contributed by atoms with Gasteiger partial charge in [-0.3, -0.25) is 9.48 Å². The molecule has 0 unspecified atom stereocenters. The summed E-state index contributed by atoms with van der Waals surface area (Å²) >= 11 is 3.46. The van der Waals surface area contributed by atoms with E-state index >= 15 is 0 Å². The van der Waals surface area contributed by atoms with Crippen molar-refractivity contribution in [1.82, 2.24) is 14.7 Å². The molecule has 0 saturated carbocycles. The number of hydrogen-bond acceptors (Lipinski definition) is 3. The standard InChI is InChI=1S/C15H18BrN3O2/c1-10(15(20)19-7-3-4-8-19)21-14-12-9-11(16)5-6-13(12)18(2)17-14/h5-6,9-10H,3-4,7-8H2,1-2H3/t10-/m1/s1. The number of halogens is 1. The van der Waals surface area contributed by atoms with E-state index in [1.807, 2.05) is 30.1 Å². The van der Waals surface area contributed by atoms with Gasteiger partial charge in [-0.1, -0.05) is 15.9 Å². The first-order chi connectivity index (χ1) is 10.1. The van der Waals surface area contributed by atoms with E-state index in [4.69, 9.17) is 4.74 Å². The Kier molecular flexibility index (Phi) is 3.89. The first-order valence-electron chi connectivity index (χ1n) is 7.14. The largest absolute Gasteiger partial charge is 0.463 e. The second kappa shape index (κ2) is 5.67. The molecule has 21 heavy (non-hydrogen) atoms. The summed E-state index contributed by atoms with van der Waals surface area (Å²) in [4.78, 5) is 14.2. The van der Waals surface area contributed by atoms with Crippen LogP contribution in [0.5, 0.6) is 5.88 Å². The smallest absolute Gasteiger partial charge is 0.263 e. The molecule has 1 amide bonds. The monoisotopic (exact) mass is 351 g/mol. The molecule has 1 aromatic carbocycles. The van der Waals surface area contributed by atoms with Crippen LogP contribution in [0.15, 0.2) is 22.7 Å². The van der Waals surface area contributed by atoms with E-state index in [-0.39, 0.29) is 5.91 Å². The topological polar surface area (TPSA) is 47.4 Å². The molecule has 1 saturated heterocycles. The van der Waals surface area contributed by atoms with Gasteiger partial charge >= 0.3 is 0 Å². The SMILES string of the molecule is C[C@@H](Oc1nn(C)c2ccc(Br)cc12)C(=O)N1CCCC1. The highest BCUT2D eigenvalue weighted by atomic mass is 79.9. The number of nitrogens with zero attached hydrogens (tertiary/aromatic N) is 3. The minimum atomic E-state index is -0.514. The molecule has 0 aliphatic carbocycles. The van der Waals surface area contributed by atoms with E-state index in [1.54, 1.807) is 11.6 Å². The van der Waals surface area contributed by atoms with Crippen molar-refractivity contribution in [2.45, 2.75) is 25.9 Å². The average Bonchev–Trinajstić information content (AvgIpc) is 3.07. The van der Waals surface area contributed by atoms with Gasteiger partial charge in [-0.2, -0.15) is 0 Å². The first-order valence-corrected chi connectivity index (χ1v) is 7.93. The Bertz CT molecular complexity index is 677. The molecule has 0 N–H and O–H groups in total. The van der Waals surface area contributed by atoms with Gasteiger partial charge in [0, 0.05) is 24.6 Å². The number of amides is 1. The zero-order valence-electron chi connectivity index (χ0n) is 12.2. The number of aromatic nitrogens is 2. The predicted molar refractivity (Wildman–Crippen MR) is 84.3 cm³/mol. The highest BCUT2D eigenvalue weighted by Gasteiger charge is 2.25. The fourth-order valence-electron chi connectivity index (χ4n) is 2.71. The number of carbonyl (C=O) groups is 1. The zero-order chi connectivity index (χ0) is 15.0. The van der Waals surface area contributed by atoms with Crippen LogP contribution in [-0.4, -0.2) is 39.8 Å². The van der Waals surface area contributed by atoms with Gasteiger partial charge in [-0.15, -0.1) is 5.10 Å². The van der Waals surface area contributed by atoms with Crippen LogP contribution >= 0.6 is 15.9 Å². The second-order valence-corrected chi connectivity index (χ2v) is 6.30. The number of carbonyl (C=O) groups excluding carboxylic acids is 1. The van der Waals surface area contributed by atoms with Gasteiger partial charge in [0.1, 0.15) is 0 Å². The summed E-state index contributed by atoms with van der Waals surface area (Å²) in [6.07, 6.45) is 1.65. The maximum absolute atomic E-state index is 12.3. The van der Waals surface area contributed by atoms with Crippen molar-refractivity contribution >= 4 is 32.7 Å². The molecule has 112 valence electrons. The van der Waals surface area contributed by atoms with Gasteiger partial charge in [-0.25, -0.2) is 0 Å². The van der Waals surface area contributed by atoms with Crippen LogP contribution in [0.2, 0.25) is 0 Å². The number of hydrogen-bond donors (Lipinski definition) is 0. The third kappa shape index (κ3) is 2.77. The molecule has 5 nitrogen and oxygen atoms in total. The summed E-state index contributed by atoms with van der Waals surface area (Å²) in [7, 11) is 1.87. The molecule has 1 aromatic heterocycles. The lowest BCUT2D eigenvalue weighted by atomic mass is 10.2. The number of fused-ring (bicyclic) bond motifs is 1. The minimum Gasteiger partial charge on any atom is -0.463 e. The summed E-state index contributed by atoms with van der Waals surface area (Å²) in [5, 5.41) is 5.29. The maximum Gasteiger partial charge on any atom is 0.263 e. The fourth-order valence-corrected chi connectivity index (χ4v) is 3.07. The van der Waals surface area contributed by atoms with Gasteiger partial charge in [0.2, 0.25) is 5.88 Å².